The summed E-state index contributed by atoms with van der Waals surface area (Å²) >= 11 is 0. The van der Waals surface area contributed by atoms with E-state index in [1.165, 1.54) is 6.07 Å². The molecule has 1 N–H and O–H groups in total. The molecule has 0 unspecified atom stereocenters. The first-order chi connectivity index (χ1) is 10.1. The van der Waals surface area contributed by atoms with Crippen LogP contribution in [0.25, 0.3) is 0 Å². The van der Waals surface area contributed by atoms with Gasteiger partial charge in [0.05, 0.1) is 4.92 Å². The van der Waals surface area contributed by atoms with Crippen molar-refractivity contribution >= 4 is 17.3 Å². The van der Waals surface area contributed by atoms with Crippen LogP contribution in [0.15, 0.2) is 36.7 Å². The highest BCUT2D eigenvalue weighted by Crippen LogP contribution is 2.26. The molecule has 0 saturated heterocycles. The quantitative estimate of drug-likeness (QED) is 0.647. The van der Waals surface area contributed by atoms with Crippen LogP contribution in [-0.4, -0.2) is 35.5 Å². The van der Waals surface area contributed by atoms with E-state index in [0.29, 0.717) is 18.2 Å². The molecule has 0 amide bonds. The van der Waals surface area contributed by atoms with Gasteiger partial charge in [0.15, 0.2) is 0 Å². The van der Waals surface area contributed by atoms with Crippen molar-refractivity contribution in [3.63, 3.8) is 0 Å². The van der Waals surface area contributed by atoms with Crippen molar-refractivity contribution < 1.29 is 4.92 Å². The number of aromatic nitrogens is 2. The number of anilines is 2. The third-order valence-electron chi connectivity index (χ3n) is 3.15. The molecule has 21 heavy (non-hydrogen) atoms. The van der Waals surface area contributed by atoms with Crippen molar-refractivity contribution in [1.29, 1.82) is 0 Å². The van der Waals surface area contributed by atoms with E-state index in [4.69, 9.17) is 0 Å². The SMILES string of the molecule is CNc1ccc([N+](=O)[O-])c(N(C)CCc2ccncc2)n1. The van der Waals surface area contributed by atoms with Gasteiger partial charge in [0, 0.05) is 39.1 Å². The summed E-state index contributed by atoms with van der Waals surface area (Å²) < 4.78 is 0. The Hall–Kier alpha value is -2.70. The first kappa shape index (κ1) is 14.7. The second-order valence-electron chi connectivity index (χ2n) is 4.57. The van der Waals surface area contributed by atoms with Gasteiger partial charge in [-0.15, -0.1) is 0 Å². The monoisotopic (exact) mass is 287 g/mol. The summed E-state index contributed by atoms with van der Waals surface area (Å²) in [5, 5.41) is 14.0. The molecule has 2 heterocycles. The van der Waals surface area contributed by atoms with Gasteiger partial charge in [-0.1, -0.05) is 0 Å². The Balaban J connectivity index is 2.17. The number of pyridine rings is 2. The molecular weight excluding hydrogens is 270 g/mol. The maximum atomic E-state index is 11.1. The molecule has 0 spiro atoms. The minimum absolute atomic E-state index is 0.00577. The number of nitrogens with one attached hydrogen (secondary N) is 1. The minimum atomic E-state index is -0.412. The molecule has 110 valence electrons. The highest BCUT2D eigenvalue weighted by molar-refractivity contribution is 5.61. The Kier molecular flexibility index (Phi) is 4.65. The van der Waals surface area contributed by atoms with Crippen molar-refractivity contribution in [2.45, 2.75) is 6.42 Å². The molecule has 2 aromatic heterocycles. The fourth-order valence-electron chi connectivity index (χ4n) is 1.96. The lowest BCUT2D eigenvalue weighted by Gasteiger charge is -2.18. The summed E-state index contributed by atoms with van der Waals surface area (Å²) in [5.74, 6) is 0.965. The maximum Gasteiger partial charge on any atom is 0.311 e. The third-order valence-corrected chi connectivity index (χ3v) is 3.15. The highest BCUT2D eigenvalue weighted by Gasteiger charge is 2.19. The van der Waals surface area contributed by atoms with Gasteiger partial charge in [-0.05, 0) is 30.2 Å². The Morgan fingerprint density at radius 1 is 1.29 bits per heavy atom. The zero-order chi connectivity index (χ0) is 15.2. The van der Waals surface area contributed by atoms with Gasteiger partial charge in [0.1, 0.15) is 5.82 Å². The van der Waals surface area contributed by atoms with E-state index in [1.807, 2.05) is 12.1 Å². The molecule has 0 radical (unpaired) electrons. The van der Waals surface area contributed by atoms with Crippen LogP contribution in [0.2, 0.25) is 0 Å². The molecular formula is C14H17N5O2. The summed E-state index contributed by atoms with van der Waals surface area (Å²) in [6.45, 7) is 0.630. The van der Waals surface area contributed by atoms with E-state index in [9.17, 15) is 10.1 Å². The number of rotatable bonds is 6. The number of hydrogen-bond acceptors (Lipinski definition) is 6. The Labute approximate surface area is 122 Å². The van der Waals surface area contributed by atoms with Crippen LogP contribution in [-0.2, 0) is 6.42 Å². The fourth-order valence-corrected chi connectivity index (χ4v) is 1.96. The normalized spacial score (nSPS) is 10.2. The smallest absolute Gasteiger partial charge is 0.311 e. The Morgan fingerprint density at radius 2 is 2.00 bits per heavy atom. The molecule has 7 nitrogen and oxygen atoms in total. The van der Waals surface area contributed by atoms with Crippen LogP contribution in [0, 0.1) is 10.1 Å². The van der Waals surface area contributed by atoms with Crippen molar-refractivity contribution in [2.75, 3.05) is 30.9 Å². The molecule has 0 aliphatic heterocycles. The zero-order valence-corrected chi connectivity index (χ0v) is 12.0. The van der Waals surface area contributed by atoms with Gasteiger partial charge in [-0.2, -0.15) is 0 Å². The van der Waals surface area contributed by atoms with E-state index in [2.05, 4.69) is 15.3 Å². The summed E-state index contributed by atoms with van der Waals surface area (Å²) in [6, 6.07) is 6.93. The van der Waals surface area contributed by atoms with Gasteiger partial charge < -0.3 is 10.2 Å². The van der Waals surface area contributed by atoms with Crippen LogP contribution in [0.3, 0.4) is 0 Å². The van der Waals surface area contributed by atoms with Crippen molar-refractivity contribution in [1.82, 2.24) is 9.97 Å². The number of hydrogen-bond donors (Lipinski definition) is 1. The van der Waals surface area contributed by atoms with Crippen LogP contribution < -0.4 is 10.2 Å². The molecule has 7 heteroatoms. The van der Waals surface area contributed by atoms with E-state index in [-0.39, 0.29) is 5.69 Å². The number of nitrogens with zero attached hydrogens (tertiary/aromatic N) is 4. The van der Waals surface area contributed by atoms with Crippen molar-refractivity contribution in [2.24, 2.45) is 0 Å². The lowest BCUT2D eigenvalue weighted by Crippen LogP contribution is -2.22. The summed E-state index contributed by atoms with van der Waals surface area (Å²) in [6.07, 6.45) is 4.23. The fraction of sp³-hybridized carbons (Fsp3) is 0.286. The van der Waals surface area contributed by atoms with E-state index >= 15 is 0 Å². The minimum Gasteiger partial charge on any atom is -0.373 e. The second-order valence-corrected chi connectivity index (χ2v) is 4.57. The molecule has 0 bridgehead atoms. The standard InChI is InChI=1S/C14H17N5O2/c1-15-13-4-3-12(19(20)21)14(17-13)18(2)10-7-11-5-8-16-9-6-11/h3-6,8-9H,7,10H2,1-2H3,(H,15,17). The largest absolute Gasteiger partial charge is 0.373 e. The lowest BCUT2D eigenvalue weighted by molar-refractivity contribution is -0.384. The first-order valence-corrected chi connectivity index (χ1v) is 6.55. The first-order valence-electron chi connectivity index (χ1n) is 6.55. The van der Waals surface area contributed by atoms with Crippen LogP contribution in [0.4, 0.5) is 17.3 Å². The maximum absolute atomic E-state index is 11.1. The van der Waals surface area contributed by atoms with E-state index in [1.54, 1.807) is 37.5 Å². The van der Waals surface area contributed by atoms with Gasteiger partial charge in [0.25, 0.3) is 0 Å². The van der Waals surface area contributed by atoms with E-state index in [0.717, 1.165) is 12.0 Å². The molecule has 2 rings (SSSR count). The molecule has 0 aliphatic carbocycles. The van der Waals surface area contributed by atoms with Gasteiger partial charge in [-0.25, -0.2) is 4.98 Å². The molecule has 2 aromatic rings. The van der Waals surface area contributed by atoms with Crippen LogP contribution in [0.1, 0.15) is 5.56 Å². The summed E-state index contributed by atoms with van der Waals surface area (Å²) in [4.78, 5) is 20.7. The summed E-state index contributed by atoms with van der Waals surface area (Å²) in [5.41, 5.74) is 1.13. The molecule has 0 saturated carbocycles. The predicted octanol–water partition coefficient (Wildman–Crippen LogP) is 2.11. The average molecular weight is 287 g/mol. The van der Waals surface area contributed by atoms with Crippen molar-refractivity contribution in [3.05, 3.63) is 52.3 Å². The second kappa shape index (κ2) is 6.65. The third kappa shape index (κ3) is 3.65. The summed E-state index contributed by atoms with van der Waals surface area (Å²) in [7, 11) is 3.53. The molecule has 0 fully saturated rings. The van der Waals surface area contributed by atoms with E-state index < -0.39 is 4.92 Å². The highest BCUT2D eigenvalue weighted by atomic mass is 16.6. The number of likely N-dealkylation sites (N-methyl/N-ethyl adjacent to an activating group) is 1. The lowest BCUT2D eigenvalue weighted by atomic mass is 10.2. The Bertz CT molecular complexity index is 618. The topological polar surface area (TPSA) is 84.2 Å². The van der Waals surface area contributed by atoms with Crippen LogP contribution >= 0.6 is 0 Å². The zero-order valence-electron chi connectivity index (χ0n) is 12.0. The number of nitro groups is 1. The molecule has 0 aromatic carbocycles. The Morgan fingerprint density at radius 3 is 2.62 bits per heavy atom. The molecule has 0 atom stereocenters. The van der Waals surface area contributed by atoms with Gasteiger partial charge in [0.2, 0.25) is 5.82 Å². The van der Waals surface area contributed by atoms with Crippen LogP contribution in [0.5, 0.6) is 0 Å². The predicted molar refractivity (Wildman–Crippen MR) is 81.6 cm³/mol. The average Bonchev–Trinajstić information content (AvgIpc) is 2.52. The van der Waals surface area contributed by atoms with Crippen molar-refractivity contribution in [3.8, 4) is 0 Å². The van der Waals surface area contributed by atoms with Gasteiger partial charge >= 0.3 is 5.69 Å². The molecule has 0 aliphatic rings. The van der Waals surface area contributed by atoms with Gasteiger partial charge in [-0.3, -0.25) is 15.1 Å².